The van der Waals surface area contributed by atoms with Crippen LogP contribution in [-0.2, 0) is 22.4 Å². The molecular formula is C21H22N2O4. The lowest BCUT2D eigenvalue weighted by Crippen LogP contribution is -2.34. The second-order valence-electron chi connectivity index (χ2n) is 6.49. The molecule has 0 fully saturated rings. The number of carboxylic acids is 1. The largest absolute Gasteiger partial charge is 0.478 e. The summed E-state index contributed by atoms with van der Waals surface area (Å²) in [7, 11) is 0. The van der Waals surface area contributed by atoms with Crippen LogP contribution in [0.15, 0.2) is 42.5 Å². The summed E-state index contributed by atoms with van der Waals surface area (Å²) >= 11 is 0. The summed E-state index contributed by atoms with van der Waals surface area (Å²) in [5.74, 6) is -1.04. The number of amides is 2. The molecule has 0 spiro atoms. The maximum Gasteiger partial charge on any atom is 0.335 e. The van der Waals surface area contributed by atoms with E-state index in [1.54, 1.807) is 35.2 Å². The Morgan fingerprint density at radius 3 is 2.67 bits per heavy atom. The van der Waals surface area contributed by atoms with Crippen LogP contribution in [0.4, 0.5) is 11.4 Å². The Bertz CT molecular complexity index is 892. The van der Waals surface area contributed by atoms with Crippen molar-refractivity contribution in [3.8, 4) is 0 Å². The molecule has 2 N–H and O–H groups in total. The molecule has 1 aliphatic rings. The molecule has 2 amide bonds. The molecule has 0 saturated heterocycles. The zero-order valence-corrected chi connectivity index (χ0v) is 15.2. The van der Waals surface area contributed by atoms with E-state index in [0.29, 0.717) is 37.1 Å². The van der Waals surface area contributed by atoms with Crippen molar-refractivity contribution in [1.82, 2.24) is 0 Å². The predicted molar refractivity (Wildman–Crippen MR) is 103 cm³/mol. The molecule has 0 saturated carbocycles. The average Bonchev–Trinajstić information content (AvgIpc) is 2.66. The van der Waals surface area contributed by atoms with E-state index in [1.165, 1.54) is 0 Å². The third-order valence-corrected chi connectivity index (χ3v) is 4.75. The fourth-order valence-corrected chi connectivity index (χ4v) is 3.40. The summed E-state index contributed by atoms with van der Waals surface area (Å²) in [6.45, 7) is 2.57. The second-order valence-corrected chi connectivity index (χ2v) is 6.49. The van der Waals surface area contributed by atoms with Gasteiger partial charge in [0.1, 0.15) is 0 Å². The Labute approximate surface area is 157 Å². The summed E-state index contributed by atoms with van der Waals surface area (Å²) in [5.41, 5.74) is 3.51. The van der Waals surface area contributed by atoms with E-state index in [4.69, 9.17) is 0 Å². The Morgan fingerprint density at radius 1 is 1.15 bits per heavy atom. The normalized spacial score (nSPS) is 13.2. The summed E-state index contributed by atoms with van der Waals surface area (Å²) in [4.78, 5) is 37.2. The maximum atomic E-state index is 12.3. The molecule has 0 aromatic heterocycles. The highest BCUT2D eigenvalue weighted by Crippen LogP contribution is 2.30. The minimum Gasteiger partial charge on any atom is -0.478 e. The number of nitrogens with zero attached hydrogens (tertiary/aromatic N) is 1. The lowest BCUT2D eigenvalue weighted by molar-refractivity contribution is -0.119. The molecule has 1 aliphatic heterocycles. The molecule has 0 aliphatic carbocycles. The van der Waals surface area contributed by atoms with Gasteiger partial charge >= 0.3 is 5.97 Å². The van der Waals surface area contributed by atoms with Gasteiger partial charge in [0.25, 0.3) is 0 Å². The standard InChI is InChI=1S/C21H22N2O4/c1-2-23-18-10-9-16(13-15(18)8-12-20(23)25)22-19(24)11-7-14-5-3-4-6-17(14)21(26)27/h3-6,9-10,13H,2,7-8,11-12H2,1H3,(H,22,24)(H,26,27). The molecular weight excluding hydrogens is 344 g/mol. The summed E-state index contributed by atoms with van der Waals surface area (Å²) in [6, 6.07) is 12.3. The minimum atomic E-state index is -0.990. The van der Waals surface area contributed by atoms with Gasteiger partial charge in [-0.25, -0.2) is 4.79 Å². The molecule has 27 heavy (non-hydrogen) atoms. The van der Waals surface area contributed by atoms with Gasteiger partial charge in [0.05, 0.1) is 5.56 Å². The van der Waals surface area contributed by atoms with Crippen molar-refractivity contribution >= 4 is 29.2 Å². The quantitative estimate of drug-likeness (QED) is 0.822. The fraction of sp³-hybridized carbons (Fsp3) is 0.286. The van der Waals surface area contributed by atoms with Crippen LogP contribution >= 0.6 is 0 Å². The highest BCUT2D eigenvalue weighted by atomic mass is 16.4. The number of hydrogen-bond donors (Lipinski definition) is 2. The SMILES string of the molecule is CCN1C(=O)CCc2cc(NC(=O)CCc3ccccc3C(=O)O)ccc21. The predicted octanol–water partition coefficient (Wildman–Crippen LogP) is 3.26. The highest BCUT2D eigenvalue weighted by molar-refractivity contribution is 5.97. The van der Waals surface area contributed by atoms with E-state index in [9.17, 15) is 19.5 Å². The molecule has 6 nitrogen and oxygen atoms in total. The van der Waals surface area contributed by atoms with E-state index in [-0.39, 0.29) is 23.8 Å². The van der Waals surface area contributed by atoms with Gasteiger partial charge in [0.2, 0.25) is 11.8 Å². The van der Waals surface area contributed by atoms with Gasteiger partial charge in [-0.1, -0.05) is 18.2 Å². The van der Waals surface area contributed by atoms with E-state index in [0.717, 1.165) is 11.3 Å². The van der Waals surface area contributed by atoms with Crippen molar-refractivity contribution < 1.29 is 19.5 Å². The number of nitrogens with one attached hydrogen (secondary N) is 1. The van der Waals surface area contributed by atoms with Gasteiger partial charge in [-0.15, -0.1) is 0 Å². The molecule has 2 aromatic carbocycles. The number of carbonyl (C=O) groups is 3. The zero-order chi connectivity index (χ0) is 19.4. The van der Waals surface area contributed by atoms with Crippen LogP contribution in [0.1, 0.15) is 41.3 Å². The smallest absolute Gasteiger partial charge is 0.335 e. The number of carboxylic acid groups (broad SMARTS) is 1. The Hall–Kier alpha value is -3.15. The minimum absolute atomic E-state index is 0.124. The van der Waals surface area contributed by atoms with Crippen molar-refractivity contribution in [1.29, 1.82) is 0 Å². The molecule has 2 aromatic rings. The third-order valence-electron chi connectivity index (χ3n) is 4.75. The number of aromatic carboxylic acids is 1. The van der Waals surface area contributed by atoms with Crippen molar-refractivity contribution in [3.63, 3.8) is 0 Å². The van der Waals surface area contributed by atoms with Crippen molar-refractivity contribution in [2.45, 2.75) is 32.6 Å². The highest BCUT2D eigenvalue weighted by Gasteiger charge is 2.23. The Morgan fingerprint density at radius 2 is 1.93 bits per heavy atom. The first-order valence-electron chi connectivity index (χ1n) is 9.04. The van der Waals surface area contributed by atoms with Crippen molar-refractivity contribution in [2.24, 2.45) is 0 Å². The molecule has 6 heteroatoms. The lowest BCUT2D eigenvalue weighted by Gasteiger charge is -2.28. The average molecular weight is 366 g/mol. The second kappa shape index (κ2) is 8.03. The van der Waals surface area contributed by atoms with Gasteiger partial charge in [0, 0.05) is 30.8 Å². The number of fused-ring (bicyclic) bond motifs is 1. The van der Waals surface area contributed by atoms with Crippen LogP contribution in [0, 0.1) is 0 Å². The number of anilines is 2. The van der Waals surface area contributed by atoms with Crippen LogP contribution in [0.3, 0.4) is 0 Å². The van der Waals surface area contributed by atoms with Gasteiger partial charge in [-0.2, -0.15) is 0 Å². The summed E-state index contributed by atoms with van der Waals surface area (Å²) in [5, 5.41) is 12.1. The third kappa shape index (κ3) is 4.16. The van der Waals surface area contributed by atoms with E-state index in [1.807, 2.05) is 19.1 Å². The fourth-order valence-electron chi connectivity index (χ4n) is 3.40. The van der Waals surface area contributed by atoms with Gasteiger partial charge in [-0.05, 0) is 55.2 Å². The topological polar surface area (TPSA) is 86.7 Å². The van der Waals surface area contributed by atoms with E-state index < -0.39 is 5.97 Å². The summed E-state index contributed by atoms with van der Waals surface area (Å²) < 4.78 is 0. The Balaban J connectivity index is 1.65. The zero-order valence-electron chi connectivity index (χ0n) is 15.2. The molecule has 140 valence electrons. The molecule has 1 heterocycles. The number of carbonyl (C=O) groups excluding carboxylic acids is 2. The van der Waals surface area contributed by atoms with Gasteiger partial charge in [0.15, 0.2) is 0 Å². The van der Waals surface area contributed by atoms with Crippen LogP contribution in [-0.4, -0.2) is 29.4 Å². The molecule has 0 atom stereocenters. The van der Waals surface area contributed by atoms with E-state index >= 15 is 0 Å². The molecule has 0 bridgehead atoms. The first-order valence-corrected chi connectivity index (χ1v) is 9.04. The number of rotatable bonds is 6. The van der Waals surface area contributed by atoms with Crippen LogP contribution in [0.25, 0.3) is 0 Å². The van der Waals surface area contributed by atoms with Crippen LogP contribution in [0.2, 0.25) is 0 Å². The maximum absolute atomic E-state index is 12.3. The monoisotopic (exact) mass is 366 g/mol. The van der Waals surface area contributed by atoms with Crippen molar-refractivity contribution in [3.05, 3.63) is 59.2 Å². The van der Waals surface area contributed by atoms with Crippen molar-refractivity contribution in [2.75, 3.05) is 16.8 Å². The van der Waals surface area contributed by atoms with Crippen LogP contribution < -0.4 is 10.2 Å². The summed E-state index contributed by atoms with van der Waals surface area (Å²) in [6.07, 6.45) is 1.70. The molecule has 3 rings (SSSR count). The van der Waals surface area contributed by atoms with Crippen LogP contribution in [0.5, 0.6) is 0 Å². The Kier molecular flexibility index (Phi) is 5.54. The van der Waals surface area contributed by atoms with E-state index in [2.05, 4.69) is 5.32 Å². The first kappa shape index (κ1) is 18.6. The molecule has 0 unspecified atom stereocenters. The van der Waals surface area contributed by atoms with Gasteiger partial charge in [-0.3, -0.25) is 9.59 Å². The van der Waals surface area contributed by atoms with Gasteiger partial charge < -0.3 is 15.3 Å². The number of benzene rings is 2. The lowest BCUT2D eigenvalue weighted by atomic mass is 10.00. The first-order chi connectivity index (χ1) is 13.0. The number of aryl methyl sites for hydroxylation is 2. The molecule has 0 radical (unpaired) electrons. The number of hydrogen-bond acceptors (Lipinski definition) is 3.